The summed E-state index contributed by atoms with van der Waals surface area (Å²) < 4.78 is 4.87. The highest BCUT2D eigenvalue weighted by Gasteiger charge is 2.15. The third-order valence-electron chi connectivity index (χ3n) is 1.94. The van der Waals surface area contributed by atoms with Gasteiger partial charge in [0.15, 0.2) is 0 Å². The Morgan fingerprint density at radius 3 is 2.81 bits per heavy atom. The molecule has 1 aromatic carbocycles. The van der Waals surface area contributed by atoms with Crippen LogP contribution in [0.25, 0.3) is 0 Å². The fourth-order valence-corrected chi connectivity index (χ4v) is 1.65. The van der Waals surface area contributed by atoms with Crippen LogP contribution in [0.5, 0.6) is 0 Å². The Kier molecular flexibility index (Phi) is 4.66. The number of rotatable bonds is 3. The fourth-order valence-electron chi connectivity index (χ4n) is 1.22. The first kappa shape index (κ1) is 12.9. The van der Waals surface area contributed by atoms with Crippen LogP contribution in [0.1, 0.15) is 28.4 Å². The van der Waals surface area contributed by atoms with Crippen molar-refractivity contribution in [3.05, 3.63) is 28.8 Å². The molecule has 0 N–H and O–H groups in total. The van der Waals surface area contributed by atoms with Gasteiger partial charge in [0.05, 0.1) is 17.7 Å². The molecule has 0 amide bonds. The third kappa shape index (κ3) is 2.69. The first-order valence-electron chi connectivity index (χ1n) is 4.63. The lowest BCUT2D eigenvalue weighted by molar-refractivity contribution is 0.0522. The Balaban J connectivity index is 3.27. The summed E-state index contributed by atoms with van der Waals surface area (Å²) in [7, 11) is 0. The molecule has 3 nitrogen and oxygen atoms in total. The quantitative estimate of drug-likeness (QED) is 0.513. The smallest absolute Gasteiger partial charge is 0.339 e. The highest BCUT2D eigenvalue weighted by Crippen LogP contribution is 2.23. The number of ether oxygens (including phenoxy) is 1. The molecule has 0 saturated carbocycles. The summed E-state index contributed by atoms with van der Waals surface area (Å²) >= 11 is 9.82. The van der Waals surface area contributed by atoms with Crippen molar-refractivity contribution in [2.45, 2.75) is 17.7 Å². The SMILES string of the molecule is CCOC(=O)c1cc(CCl)cc(C#N)c1S. The third-order valence-corrected chi connectivity index (χ3v) is 2.73. The summed E-state index contributed by atoms with van der Waals surface area (Å²) in [5, 5.41) is 8.88. The summed E-state index contributed by atoms with van der Waals surface area (Å²) in [6.07, 6.45) is 0. The van der Waals surface area contributed by atoms with E-state index >= 15 is 0 Å². The number of carbonyl (C=O) groups excluding carboxylic acids is 1. The molecular weight excluding hydrogens is 246 g/mol. The molecule has 0 heterocycles. The van der Waals surface area contributed by atoms with E-state index in [2.05, 4.69) is 12.6 Å². The summed E-state index contributed by atoms with van der Waals surface area (Å²) in [4.78, 5) is 11.9. The number of esters is 1. The second kappa shape index (κ2) is 5.78. The Hall–Kier alpha value is -1.18. The van der Waals surface area contributed by atoms with Crippen LogP contribution in [0.2, 0.25) is 0 Å². The molecule has 16 heavy (non-hydrogen) atoms. The lowest BCUT2D eigenvalue weighted by Crippen LogP contribution is -2.07. The molecule has 0 fully saturated rings. The Morgan fingerprint density at radius 2 is 2.31 bits per heavy atom. The average molecular weight is 256 g/mol. The van der Waals surface area contributed by atoms with E-state index in [1.54, 1.807) is 19.1 Å². The fraction of sp³-hybridized carbons (Fsp3) is 0.273. The van der Waals surface area contributed by atoms with Crippen molar-refractivity contribution in [2.24, 2.45) is 0 Å². The van der Waals surface area contributed by atoms with Gasteiger partial charge in [-0.1, -0.05) is 0 Å². The number of nitrogens with zero attached hydrogens (tertiary/aromatic N) is 1. The van der Waals surface area contributed by atoms with Crippen molar-refractivity contribution in [3.8, 4) is 6.07 Å². The maximum Gasteiger partial charge on any atom is 0.339 e. The topological polar surface area (TPSA) is 50.1 Å². The molecule has 84 valence electrons. The molecule has 0 spiro atoms. The average Bonchev–Trinajstić information content (AvgIpc) is 2.29. The van der Waals surface area contributed by atoms with Crippen molar-refractivity contribution in [1.82, 2.24) is 0 Å². The van der Waals surface area contributed by atoms with Gasteiger partial charge in [0, 0.05) is 10.8 Å². The molecule has 0 aliphatic carbocycles. The maximum absolute atomic E-state index is 11.6. The summed E-state index contributed by atoms with van der Waals surface area (Å²) in [5.74, 6) is -0.259. The van der Waals surface area contributed by atoms with E-state index in [1.807, 2.05) is 6.07 Å². The molecular formula is C11H10ClNO2S. The van der Waals surface area contributed by atoms with E-state index in [-0.39, 0.29) is 18.1 Å². The van der Waals surface area contributed by atoms with Crippen LogP contribution in [-0.4, -0.2) is 12.6 Å². The zero-order chi connectivity index (χ0) is 12.1. The minimum absolute atomic E-state index is 0.231. The lowest BCUT2D eigenvalue weighted by atomic mass is 10.1. The van der Waals surface area contributed by atoms with Gasteiger partial charge in [0.2, 0.25) is 0 Å². The van der Waals surface area contributed by atoms with E-state index < -0.39 is 5.97 Å². The van der Waals surface area contributed by atoms with Crippen molar-refractivity contribution >= 4 is 30.2 Å². The Morgan fingerprint density at radius 1 is 1.62 bits per heavy atom. The van der Waals surface area contributed by atoms with E-state index in [9.17, 15) is 4.79 Å². The molecule has 0 aromatic heterocycles. The standard InChI is InChI=1S/C11H10ClNO2S/c1-2-15-11(14)9-4-7(5-12)3-8(6-13)10(9)16/h3-4,16H,2,5H2,1H3. The first-order chi connectivity index (χ1) is 7.63. The number of hydrogen-bond acceptors (Lipinski definition) is 4. The second-order valence-corrected chi connectivity index (χ2v) is 3.72. The number of benzene rings is 1. The van der Waals surface area contributed by atoms with E-state index in [1.165, 1.54) is 0 Å². The van der Waals surface area contributed by atoms with Crippen molar-refractivity contribution in [3.63, 3.8) is 0 Å². The molecule has 5 heteroatoms. The zero-order valence-electron chi connectivity index (χ0n) is 8.66. The van der Waals surface area contributed by atoms with Crippen LogP contribution in [0.4, 0.5) is 0 Å². The van der Waals surface area contributed by atoms with Crippen LogP contribution in [0.15, 0.2) is 17.0 Å². The van der Waals surface area contributed by atoms with E-state index in [4.69, 9.17) is 21.6 Å². The van der Waals surface area contributed by atoms with Gasteiger partial charge in [0.25, 0.3) is 0 Å². The van der Waals surface area contributed by atoms with E-state index in [0.717, 1.165) is 0 Å². The van der Waals surface area contributed by atoms with Gasteiger partial charge in [0.1, 0.15) is 6.07 Å². The van der Waals surface area contributed by atoms with Gasteiger partial charge in [-0.25, -0.2) is 4.79 Å². The molecule has 1 rings (SSSR count). The summed E-state index contributed by atoms with van der Waals surface area (Å²) in [6.45, 7) is 1.99. The molecule has 0 aliphatic heterocycles. The van der Waals surface area contributed by atoms with Crippen molar-refractivity contribution in [2.75, 3.05) is 6.61 Å². The van der Waals surface area contributed by atoms with Crippen LogP contribution in [-0.2, 0) is 10.6 Å². The van der Waals surface area contributed by atoms with Gasteiger partial charge < -0.3 is 4.74 Å². The van der Waals surface area contributed by atoms with Crippen molar-refractivity contribution in [1.29, 1.82) is 5.26 Å². The predicted molar refractivity (Wildman–Crippen MR) is 63.9 cm³/mol. The first-order valence-corrected chi connectivity index (χ1v) is 5.61. The molecule has 0 bridgehead atoms. The van der Waals surface area contributed by atoms with E-state index in [0.29, 0.717) is 16.0 Å². The number of halogens is 1. The predicted octanol–water partition coefficient (Wildman–Crippen LogP) is 2.76. The van der Waals surface area contributed by atoms with Crippen LogP contribution in [0.3, 0.4) is 0 Å². The van der Waals surface area contributed by atoms with Crippen LogP contribution < -0.4 is 0 Å². The highest BCUT2D eigenvalue weighted by atomic mass is 35.5. The number of alkyl halides is 1. The largest absolute Gasteiger partial charge is 0.462 e. The van der Waals surface area contributed by atoms with Crippen LogP contribution in [0, 0.1) is 11.3 Å². The zero-order valence-corrected chi connectivity index (χ0v) is 10.3. The normalized spacial score (nSPS) is 9.62. The van der Waals surface area contributed by atoms with Gasteiger partial charge in [-0.05, 0) is 24.6 Å². The number of thiol groups is 1. The van der Waals surface area contributed by atoms with Gasteiger partial charge >= 0.3 is 5.97 Å². The lowest BCUT2D eigenvalue weighted by Gasteiger charge is -2.08. The number of hydrogen-bond donors (Lipinski definition) is 1. The van der Waals surface area contributed by atoms with Crippen molar-refractivity contribution < 1.29 is 9.53 Å². The molecule has 0 atom stereocenters. The molecule has 0 unspecified atom stereocenters. The molecule has 0 saturated heterocycles. The Bertz CT molecular complexity index is 454. The molecule has 0 radical (unpaired) electrons. The van der Waals surface area contributed by atoms with Gasteiger partial charge in [-0.2, -0.15) is 5.26 Å². The van der Waals surface area contributed by atoms with Crippen LogP contribution >= 0.6 is 24.2 Å². The minimum Gasteiger partial charge on any atom is -0.462 e. The van der Waals surface area contributed by atoms with Gasteiger partial charge in [-0.15, -0.1) is 24.2 Å². The summed E-state index contributed by atoms with van der Waals surface area (Å²) in [5.41, 5.74) is 1.29. The highest BCUT2D eigenvalue weighted by molar-refractivity contribution is 7.80. The number of carbonyl (C=O) groups is 1. The second-order valence-electron chi connectivity index (χ2n) is 3.01. The monoisotopic (exact) mass is 255 g/mol. The number of nitriles is 1. The minimum atomic E-state index is -0.490. The molecule has 0 aliphatic rings. The Labute approximate surface area is 104 Å². The molecule has 1 aromatic rings. The maximum atomic E-state index is 11.6. The summed E-state index contributed by atoms with van der Waals surface area (Å²) in [6, 6.07) is 5.17. The van der Waals surface area contributed by atoms with Gasteiger partial charge in [-0.3, -0.25) is 0 Å².